The highest BCUT2D eigenvalue weighted by molar-refractivity contribution is 5.95. The molecule has 4 rings (SSSR count). The predicted octanol–water partition coefficient (Wildman–Crippen LogP) is 1.57. The first kappa shape index (κ1) is 23.9. The van der Waals surface area contributed by atoms with Crippen molar-refractivity contribution in [3.8, 4) is 5.75 Å². The molecule has 1 aliphatic heterocycles. The number of carbonyl (C=O) groups is 2. The van der Waals surface area contributed by atoms with Gasteiger partial charge in [-0.25, -0.2) is 18.2 Å². The van der Waals surface area contributed by atoms with Crippen LogP contribution in [0.3, 0.4) is 0 Å². The monoisotopic (exact) mass is 488 g/mol. The highest BCUT2D eigenvalue weighted by atomic mass is 19.3. The van der Waals surface area contributed by atoms with Crippen molar-refractivity contribution in [3.63, 3.8) is 0 Å². The molecule has 2 N–H and O–H groups in total. The molecule has 1 unspecified atom stereocenters. The normalized spacial score (nSPS) is 16.8. The molecule has 2 amide bonds. The molecule has 1 saturated heterocycles. The van der Waals surface area contributed by atoms with E-state index in [9.17, 15) is 32.7 Å². The molecule has 1 fully saturated rings. The number of rotatable bonds is 5. The van der Waals surface area contributed by atoms with Gasteiger partial charge in [0.25, 0.3) is 23.3 Å². The molecule has 3 heterocycles. The van der Waals surface area contributed by atoms with Crippen LogP contribution >= 0.6 is 0 Å². The second kappa shape index (κ2) is 9.16. The standard InChI is InChI=1S/C22H19F3N6O4/c1-30-18(15-9-22(24,25)11-31(15)20(34)14-3-2-8-27-29-14)28-16(17(32)21(30)35)19(33)26-10-12-4-6-13(23)7-5-12/h2-8,15,32H,9-11H2,1H3,(H,26,33). The van der Waals surface area contributed by atoms with Crippen LogP contribution in [0.5, 0.6) is 5.75 Å². The van der Waals surface area contributed by atoms with Crippen molar-refractivity contribution in [1.29, 1.82) is 0 Å². The van der Waals surface area contributed by atoms with Crippen LogP contribution in [0.15, 0.2) is 47.4 Å². The molecule has 3 aromatic rings. The number of hydrogen-bond acceptors (Lipinski definition) is 7. The molecular formula is C22H19F3N6O4. The maximum atomic E-state index is 14.4. The summed E-state index contributed by atoms with van der Waals surface area (Å²) in [4.78, 5) is 43.0. The third kappa shape index (κ3) is 4.83. The highest BCUT2D eigenvalue weighted by Gasteiger charge is 2.49. The number of nitrogens with one attached hydrogen (secondary N) is 1. The maximum absolute atomic E-state index is 14.4. The quantitative estimate of drug-likeness (QED) is 0.558. The van der Waals surface area contributed by atoms with Gasteiger partial charge in [0.05, 0.1) is 12.6 Å². The van der Waals surface area contributed by atoms with Crippen LogP contribution in [-0.4, -0.2) is 54.0 Å². The van der Waals surface area contributed by atoms with Crippen molar-refractivity contribution >= 4 is 11.8 Å². The maximum Gasteiger partial charge on any atom is 0.296 e. The van der Waals surface area contributed by atoms with Crippen molar-refractivity contribution in [2.24, 2.45) is 7.05 Å². The summed E-state index contributed by atoms with van der Waals surface area (Å²) >= 11 is 0. The molecule has 0 bridgehead atoms. The zero-order valence-electron chi connectivity index (χ0n) is 18.3. The Balaban J connectivity index is 1.68. The lowest BCUT2D eigenvalue weighted by Crippen LogP contribution is -2.37. The molecule has 0 aliphatic carbocycles. The number of alkyl halides is 2. The van der Waals surface area contributed by atoms with Crippen molar-refractivity contribution in [2.75, 3.05) is 6.54 Å². The molecule has 10 nitrogen and oxygen atoms in total. The Kier molecular flexibility index (Phi) is 6.24. The SMILES string of the molecule is Cn1c(C2CC(F)(F)CN2C(=O)c2cccnn2)nc(C(=O)NCc2ccc(F)cc2)c(O)c1=O. The largest absolute Gasteiger partial charge is 0.501 e. The molecule has 182 valence electrons. The Morgan fingerprint density at radius 2 is 1.94 bits per heavy atom. The molecule has 1 atom stereocenters. The van der Waals surface area contributed by atoms with Gasteiger partial charge in [0.1, 0.15) is 11.6 Å². The number of nitrogens with zero attached hydrogens (tertiary/aromatic N) is 5. The third-order valence-corrected chi connectivity index (χ3v) is 5.50. The van der Waals surface area contributed by atoms with E-state index >= 15 is 0 Å². The topological polar surface area (TPSA) is 130 Å². The van der Waals surface area contributed by atoms with Gasteiger partial charge >= 0.3 is 0 Å². The van der Waals surface area contributed by atoms with E-state index in [0.717, 1.165) is 9.47 Å². The second-order valence-electron chi connectivity index (χ2n) is 7.96. The number of aromatic nitrogens is 4. The van der Waals surface area contributed by atoms with Gasteiger partial charge in [-0.3, -0.25) is 19.0 Å². The van der Waals surface area contributed by atoms with Crippen molar-refractivity contribution in [3.05, 3.63) is 81.5 Å². The van der Waals surface area contributed by atoms with Crippen LogP contribution in [0.2, 0.25) is 0 Å². The fraction of sp³-hybridized carbons (Fsp3) is 0.273. The number of aromatic hydroxyl groups is 1. The van der Waals surface area contributed by atoms with Crippen molar-refractivity contribution in [2.45, 2.75) is 24.9 Å². The molecular weight excluding hydrogens is 469 g/mol. The number of halogens is 3. The van der Waals surface area contributed by atoms with Crippen molar-refractivity contribution in [1.82, 2.24) is 30.0 Å². The molecule has 35 heavy (non-hydrogen) atoms. The van der Waals surface area contributed by atoms with Gasteiger partial charge in [-0.15, -0.1) is 5.10 Å². The van der Waals surface area contributed by atoms with Crippen LogP contribution in [0, 0.1) is 5.82 Å². The smallest absolute Gasteiger partial charge is 0.296 e. The molecule has 13 heteroatoms. The third-order valence-electron chi connectivity index (χ3n) is 5.50. The predicted molar refractivity (Wildman–Crippen MR) is 114 cm³/mol. The fourth-order valence-electron chi connectivity index (χ4n) is 3.76. The molecule has 0 saturated carbocycles. The van der Waals surface area contributed by atoms with Gasteiger partial charge in [0, 0.05) is 26.2 Å². The number of amides is 2. The van der Waals surface area contributed by atoms with Gasteiger partial charge in [0.2, 0.25) is 5.75 Å². The summed E-state index contributed by atoms with van der Waals surface area (Å²) in [5.74, 6) is -6.88. The Labute approximate surface area is 196 Å². The zero-order chi connectivity index (χ0) is 25.3. The van der Waals surface area contributed by atoms with E-state index in [4.69, 9.17) is 0 Å². The van der Waals surface area contributed by atoms with E-state index < -0.39 is 59.6 Å². The van der Waals surface area contributed by atoms with Crippen LogP contribution in [0.1, 0.15) is 44.8 Å². The number of likely N-dealkylation sites (tertiary alicyclic amines) is 1. The van der Waals surface area contributed by atoms with Gasteiger partial charge in [-0.2, -0.15) is 5.10 Å². The second-order valence-corrected chi connectivity index (χ2v) is 7.96. The summed E-state index contributed by atoms with van der Waals surface area (Å²) in [7, 11) is 1.19. The number of benzene rings is 1. The average molecular weight is 488 g/mol. The minimum atomic E-state index is -3.30. The summed E-state index contributed by atoms with van der Waals surface area (Å²) < 4.78 is 42.7. The van der Waals surface area contributed by atoms with E-state index in [-0.39, 0.29) is 18.1 Å². The van der Waals surface area contributed by atoms with E-state index in [1.165, 1.54) is 49.6 Å². The molecule has 0 spiro atoms. The van der Waals surface area contributed by atoms with Crippen LogP contribution < -0.4 is 10.9 Å². The first-order valence-electron chi connectivity index (χ1n) is 10.4. The molecule has 2 aromatic heterocycles. The minimum Gasteiger partial charge on any atom is -0.501 e. The van der Waals surface area contributed by atoms with E-state index in [2.05, 4.69) is 20.5 Å². The zero-order valence-corrected chi connectivity index (χ0v) is 18.3. The highest BCUT2D eigenvalue weighted by Crippen LogP contribution is 2.41. The molecule has 1 aromatic carbocycles. The first-order valence-corrected chi connectivity index (χ1v) is 10.4. The van der Waals surface area contributed by atoms with Gasteiger partial charge in [0.15, 0.2) is 11.4 Å². The van der Waals surface area contributed by atoms with Crippen LogP contribution in [0.25, 0.3) is 0 Å². The van der Waals surface area contributed by atoms with Gasteiger partial charge < -0.3 is 15.3 Å². The van der Waals surface area contributed by atoms with Gasteiger partial charge in [-0.1, -0.05) is 12.1 Å². The Morgan fingerprint density at radius 1 is 1.23 bits per heavy atom. The molecule has 1 aliphatic rings. The van der Waals surface area contributed by atoms with Gasteiger partial charge in [-0.05, 0) is 29.8 Å². The number of hydrogen-bond donors (Lipinski definition) is 2. The summed E-state index contributed by atoms with van der Waals surface area (Å²) in [6.07, 6.45) is 0.454. The minimum absolute atomic E-state index is 0.0798. The lowest BCUT2D eigenvalue weighted by atomic mass is 10.1. The van der Waals surface area contributed by atoms with Crippen molar-refractivity contribution < 1.29 is 27.9 Å². The summed E-state index contributed by atoms with van der Waals surface area (Å²) in [5, 5.41) is 19.9. The number of carbonyl (C=O) groups excluding carboxylic acids is 2. The average Bonchev–Trinajstić information content (AvgIpc) is 3.17. The Bertz CT molecular complexity index is 1330. The van der Waals surface area contributed by atoms with E-state index in [0.29, 0.717) is 5.56 Å². The van der Waals surface area contributed by atoms with E-state index in [1.54, 1.807) is 0 Å². The van der Waals surface area contributed by atoms with Crippen LogP contribution in [0.4, 0.5) is 13.2 Å². The summed E-state index contributed by atoms with van der Waals surface area (Å²) in [6.45, 7) is -1.04. The summed E-state index contributed by atoms with van der Waals surface area (Å²) in [6, 6.07) is 6.57. The molecule has 0 radical (unpaired) electrons. The van der Waals surface area contributed by atoms with E-state index in [1.807, 2.05) is 0 Å². The lowest BCUT2D eigenvalue weighted by Gasteiger charge is -2.24. The Hall–Kier alpha value is -4.29. The Morgan fingerprint density at radius 3 is 2.60 bits per heavy atom. The van der Waals surface area contributed by atoms with Crippen LogP contribution in [-0.2, 0) is 13.6 Å². The fourth-order valence-corrected chi connectivity index (χ4v) is 3.76. The lowest BCUT2D eigenvalue weighted by molar-refractivity contribution is 0.0116. The summed E-state index contributed by atoms with van der Waals surface area (Å²) in [5.41, 5.74) is -1.40. The first-order chi connectivity index (χ1) is 16.6.